The quantitative estimate of drug-likeness (QED) is 0.767. The number of carbonyl (C=O) groups is 1. The maximum Gasteiger partial charge on any atom is 0.269 e. The molecule has 2 aromatic rings. The molecule has 2 rings (SSSR count). The van der Waals surface area contributed by atoms with Crippen molar-refractivity contribution < 1.29 is 4.79 Å². The molecule has 0 fully saturated rings. The van der Waals surface area contributed by atoms with Gasteiger partial charge in [-0.2, -0.15) is 0 Å². The van der Waals surface area contributed by atoms with Crippen LogP contribution in [0.25, 0.3) is 0 Å². The normalized spacial score (nSPS) is 10.1. The predicted molar refractivity (Wildman–Crippen MR) is 83.0 cm³/mol. The van der Waals surface area contributed by atoms with E-state index in [0.717, 1.165) is 24.2 Å². The van der Waals surface area contributed by atoms with Gasteiger partial charge < -0.3 is 10.6 Å². The Morgan fingerprint density at radius 3 is 2.86 bits per heavy atom. The van der Waals surface area contributed by atoms with Gasteiger partial charge in [0.2, 0.25) is 0 Å². The minimum absolute atomic E-state index is 0.134. The topological polar surface area (TPSA) is 66.9 Å². The van der Waals surface area contributed by atoms with Crippen molar-refractivity contribution in [3.8, 4) is 0 Å². The third kappa shape index (κ3) is 4.87. The molecule has 110 valence electrons. The molecule has 0 bridgehead atoms. The summed E-state index contributed by atoms with van der Waals surface area (Å²) < 4.78 is 0. The van der Waals surface area contributed by atoms with Gasteiger partial charge in [-0.1, -0.05) is 19.4 Å². The lowest BCUT2D eigenvalue weighted by molar-refractivity contribution is 0.0948. The number of nitrogens with one attached hydrogen (secondary N) is 2. The molecule has 5 nitrogen and oxygen atoms in total. The molecule has 1 amide bonds. The Hall–Kier alpha value is -2.43. The molecule has 5 heteroatoms. The van der Waals surface area contributed by atoms with E-state index in [1.807, 2.05) is 24.3 Å². The Balaban J connectivity index is 1.92. The fourth-order valence-corrected chi connectivity index (χ4v) is 1.83. The second-order valence-corrected chi connectivity index (χ2v) is 4.71. The van der Waals surface area contributed by atoms with Crippen LogP contribution in [-0.2, 0) is 6.54 Å². The van der Waals surface area contributed by atoms with Gasteiger partial charge in [0.15, 0.2) is 0 Å². The molecule has 0 aliphatic rings. The van der Waals surface area contributed by atoms with Crippen LogP contribution in [0.1, 0.15) is 35.9 Å². The van der Waals surface area contributed by atoms with Crippen molar-refractivity contribution in [3.05, 3.63) is 54.1 Å². The van der Waals surface area contributed by atoms with Gasteiger partial charge >= 0.3 is 0 Å². The molecule has 21 heavy (non-hydrogen) atoms. The summed E-state index contributed by atoms with van der Waals surface area (Å²) in [6.07, 6.45) is 5.42. The van der Waals surface area contributed by atoms with Gasteiger partial charge in [0, 0.05) is 24.6 Å². The molecule has 0 spiro atoms. The van der Waals surface area contributed by atoms with Crippen LogP contribution in [-0.4, -0.2) is 22.4 Å². The van der Waals surface area contributed by atoms with E-state index in [9.17, 15) is 4.79 Å². The van der Waals surface area contributed by atoms with Crippen LogP contribution in [0.3, 0.4) is 0 Å². The third-order valence-electron chi connectivity index (χ3n) is 3.01. The summed E-state index contributed by atoms with van der Waals surface area (Å²) in [6, 6.07) is 9.38. The highest BCUT2D eigenvalue weighted by atomic mass is 16.1. The summed E-state index contributed by atoms with van der Waals surface area (Å²) in [4.78, 5) is 20.3. The maximum absolute atomic E-state index is 11.9. The van der Waals surface area contributed by atoms with Gasteiger partial charge in [-0.05, 0) is 30.7 Å². The van der Waals surface area contributed by atoms with Crippen LogP contribution in [0.4, 0.5) is 5.69 Å². The first kappa shape index (κ1) is 15.0. The van der Waals surface area contributed by atoms with E-state index < -0.39 is 0 Å². The predicted octanol–water partition coefficient (Wildman–Crippen LogP) is 2.62. The smallest absolute Gasteiger partial charge is 0.269 e. The molecule has 0 radical (unpaired) electrons. The molecule has 0 saturated carbocycles. The first-order valence-corrected chi connectivity index (χ1v) is 7.17. The number of unbranched alkanes of at least 4 members (excludes halogenated alkanes) is 1. The first-order valence-electron chi connectivity index (χ1n) is 7.17. The Bertz CT molecular complexity index is 571. The Kier molecular flexibility index (Phi) is 5.70. The maximum atomic E-state index is 11.9. The van der Waals surface area contributed by atoms with Crippen molar-refractivity contribution in [3.63, 3.8) is 0 Å². The second-order valence-electron chi connectivity index (χ2n) is 4.71. The van der Waals surface area contributed by atoms with Gasteiger partial charge in [-0.3, -0.25) is 14.8 Å². The second kappa shape index (κ2) is 7.99. The minimum atomic E-state index is -0.134. The van der Waals surface area contributed by atoms with E-state index in [-0.39, 0.29) is 5.91 Å². The van der Waals surface area contributed by atoms with Gasteiger partial charge in [0.05, 0.1) is 12.2 Å². The number of anilines is 1. The Morgan fingerprint density at radius 1 is 1.19 bits per heavy atom. The highest BCUT2D eigenvalue weighted by Crippen LogP contribution is 2.09. The number of rotatable bonds is 7. The van der Waals surface area contributed by atoms with Crippen molar-refractivity contribution in [2.45, 2.75) is 26.3 Å². The number of hydrogen-bond donors (Lipinski definition) is 2. The monoisotopic (exact) mass is 284 g/mol. The number of hydrogen-bond acceptors (Lipinski definition) is 4. The molecule has 2 N–H and O–H groups in total. The van der Waals surface area contributed by atoms with E-state index in [2.05, 4.69) is 27.5 Å². The summed E-state index contributed by atoms with van der Waals surface area (Å²) in [5, 5.41) is 6.10. The summed E-state index contributed by atoms with van der Waals surface area (Å²) in [5.41, 5.74) is 2.23. The van der Waals surface area contributed by atoms with E-state index >= 15 is 0 Å². The van der Waals surface area contributed by atoms with Gasteiger partial charge in [0.1, 0.15) is 5.69 Å². The lowest BCUT2D eigenvalue weighted by Crippen LogP contribution is -2.25. The number of carbonyl (C=O) groups excluding carboxylic acids is 1. The van der Waals surface area contributed by atoms with Crippen molar-refractivity contribution in [1.82, 2.24) is 15.3 Å². The molecule has 2 aromatic heterocycles. The minimum Gasteiger partial charge on any atom is -0.379 e. The SMILES string of the molecule is CCCCNC(=O)c1cc(NCc2ccccn2)ccn1. The zero-order chi connectivity index (χ0) is 14.9. The molecule has 0 aliphatic heterocycles. The summed E-state index contributed by atoms with van der Waals surface area (Å²) in [5.74, 6) is -0.134. The molecular weight excluding hydrogens is 264 g/mol. The molecule has 0 atom stereocenters. The number of pyridine rings is 2. The van der Waals surface area contributed by atoms with Crippen LogP contribution in [0.2, 0.25) is 0 Å². The lowest BCUT2D eigenvalue weighted by atomic mass is 10.2. The van der Waals surface area contributed by atoms with Crippen LogP contribution >= 0.6 is 0 Å². The fraction of sp³-hybridized carbons (Fsp3) is 0.312. The molecular formula is C16H20N4O. The highest BCUT2D eigenvalue weighted by molar-refractivity contribution is 5.93. The number of amides is 1. The number of aromatic nitrogens is 2. The summed E-state index contributed by atoms with van der Waals surface area (Å²) in [6.45, 7) is 3.39. The van der Waals surface area contributed by atoms with Crippen molar-refractivity contribution in [2.75, 3.05) is 11.9 Å². The molecule has 0 unspecified atom stereocenters. The molecule has 2 heterocycles. The molecule has 0 saturated heterocycles. The summed E-state index contributed by atoms with van der Waals surface area (Å²) in [7, 11) is 0. The van der Waals surface area contributed by atoms with E-state index in [1.165, 1.54) is 0 Å². The van der Waals surface area contributed by atoms with Gasteiger partial charge in [-0.25, -0.2) is 0 Å². The summed E-state index contributed by atoms with van der Waals surface area (Å²) >= 11 is 0. The van der Waals surface area contributed by atoms with Crippen LogP contribution in [0.5, 0.6) is 0 Å². The highest BCUT2D eigenvalue weighted by Gasteiger charge is 2.07. The van der Waals surface area contributed by atoms with Crippen molar-refractivity contribution in [1.29, 1.82) is 0 Å². The first-order chi connectivity index (χ1) is 10.3. The van der Waals surface area contributed by atoms with Crippen molar-refractivity contribution in [2.24, 2.45) is 0 Å². The molecule has 0 aliphatic carbocycles. The van der Waals surface area contributed by atoms with E-state index in [4.69, 9.17) is 0 Å². The van der Waals surface area contributed by atoms with Crippen LogP contribution in [0, 0.1) is 0 Å². The molecule has 0 aromatic carbocycles. The average molecular weight is 284 g/mol. The lowest BCUT2D eigenvalue weighted by Gasteiger charge is -2.08. The Morgan fingerprint density at radius 2 is 2.10 bits per heavy atom. The number of nitrogens with zero attached hydrogens (tertiary/aromatic N) is 2. The average Bonchev–Trinajstić information content (AvgIpc) is 2.54. The van der Waals surface area contributed by atoms with E-state index in [1.54, 1.807) is 18.5 Å². The third-order valence-corrected chi connectivity index (χ3v) is 3.01. The van der Waals surface area contributed by atoms with Crippen molar-refractivity contribution >= 4 is 11.6 Å². The zero-order valence-electron chi connectivity index (χ0n) is 12.2. The van der Waals surface area contributed by atoms with E-state index in [0.29, 0.717) is 18.8 Å². The largest absolute Gasteiger partial charge is 0.379 e. The standard InChI is InChI=1S/C16H20N4O/c1-2-3-8-19-16(21)15-11-13(7-10-18-15)20-12-14-6-4-5-9-17-14/h4-7,9-11H,2-3,8,12H2,1H3,(H,18,20)(H,19,21). The fourth-order valence-electron chi connectivity index (χ4n) is 1.83. The van der Waals surface area contributed by atoms with Gasteiger partial charge in [-0.15, -0.1) is 0 Å². The van der Waals surface area contributed by atoms with Crippen LogP contribution in [0.15, 0.2) is 42.7 Å². The van der Waals surface area contributed by atoms with Gasteiger partial charge in [0.25, 0.3) is 5.91 Å². The Labute approximate surface area is 124 Å². The van der Waals surface area contributed by atoms with Crippen LogP contribution < -0.4 is 10.6 Å². The zero-order valence-corrected chi connectivity index (χ0v) is 12.2.